The molecule has 38 heavy (non-hydrogen) atoms. The van der Waals surface area contributed by atoms with Gasteiger partial charge < -0.3 is 5.11 Å². The Morgan fingerprint density at radius 3 is 2.47 bits per heavy atom. The van der Waals surface area contributed by atoms with Gasteiger partial charge in [0.05, 0.1) is 23.3 Å². The lowest BCUT2D eigenvalue weighted by Crippen LogP contribution is -2.23. The van der Waals surface area contributed by atoms with Crippen LogP contribution < -0.4 is 5.56 Å². The quantitative estimate of drug-likeness (QED) is 0.374. The fourth-order valence-corrected chi connectivity index (χ4v) is 4.85. The maximum atomic E-state index is 13.5. The lowest BCUT2D eigenvalue weighted by atomic mass is 10.1. The Bertz CT molecular complexity index is 1610. The lowest BCUT2D eigenvalue weighted by molar-refractivity contribution is -0.212. The van der Waals surface area contributed by atoms with E-state index in [0.29, 0.717) is 40.3 Å². The highest BCUT2D eigenvalue weighted by atomic mass is 35.5. The molecule has 4 aromatic heterocycles. The SMILES string of the molecule is Cc1cnc(-c2ccnc(C(C)(C)O)n2)cc1-n1c(C)cc([C@H]2C[C@@H]2c2cnn(C(F)(F)F)c2)c(Cl)c1=O. The van der Waals surface area contributed by atoms with Gasteiger partial charge in [0.15, 0.2) is 5.82 Å². The number of alkyl halides is 3. The summed E-state index contributed by atoms with van der Waals surface area (Å²) in [7, 11) is 0. The van der Waals surface area contributed by atoms with Crippen LogP contribution in [0.3, 0.4) is 0 Å². The molecule has 1 aliphatic rings. The molecule has 0 aliphatic heterocycles. The topological polar surface area (TPSA) is 98.7 Å². The number of rotatable bonds is 5. The van der Waals surface area contributed by atoms with Crippen molar-refractivity contribution in [2.24, 2.45) is 0 Å². The molecule has 2 atom stereocenters. The summed E-state index contributed by atoms with van der Waals surface area (Å²) in [6.07, 6.45) is 1.33. The van der Waals surface area contributed by atoms with Crippen molar-refractivity contribution in [2.75, 3.05) is 0 Å². The maximum Gasteiger partial charge on any atom is 0.504 e. The number of hydrogen-bond donors (Lipinski definition) is 1. The third kappa shape index (κ3) is 4.71. The number of aromatic nitrogens is 6. The molecule has 0 spiro atoms. The highest BCUT2D eigenvalue weighted by Crippen LogP contribution is 2.56. The molecule has 0 aromatic carbocycles. The Morgan fingerprint density at radius 1 is 1.08 bits per heavy atom. The minimum absolute atomic E-state index is 0.0193. The van der Waals surface area contributed by atoms with Crippen LogP contribution in [0.1, 0.15) is 60.3 Å². The highest BCUT2D eigenvalue weighted by Gasteiger charge is 2.43. The first-order chi connectivity index (χ1) is 17.8. The van der Waals surface area contributed by atoms with Crippen LogP contribution in [0.15, 0.2) is 47.8 Å². The Labute approximate surface area is 220 Å². The van der Waals surface area contributed by atoms with Crippen molar-refractivity contribution >= 4 is 11.6 Å². The largest absolute Gasteiger partial charge is 0.504 e. The predicted molar refractivity (Wildman–Crippen MR) is 134 cm³/mol. The third-order valence-electron chi connectivity index (χ3n) is 6.62. The predicted octanol–water partition coefficient (Wildman–Crippen LogP) is 5.13. The second kappa shape index (κ2) is 9.02. The summed E-state index contributed by atoms with van der Waals surface area (Å²) < 4.78 is 40.3. The van der Waals surface area contributed by atoms with Crippen LogP contribution in [0, 0.1) is 13.8 Å². The zero-order chi connectivity index (χ0) is 27.6. The fourth-order valence-electron chi connectivity index (χ4n) is 4.57. The van der Waals surface area contributed by atoms with E-state index in [9.17, 15) is 23.1 Å². The van der Waals surface area contributed by atoms with Crippen LogP contribution in [0.4, 0.5) is 13.2 Å². The second-order valence-corrected chi connectivity index (χ2v) is 10.4. The average Bonchev–Trinajstić information content (AvgIpc) is 3.46. The van der Waals surface area contributed by atoms with E-state index in [1.54, 1.807) is 45.2 Å². The van der Waals surface area contributed by atoms with Crippen LogP contribution in [-0.4, -0.2) is 34.4 Å². The van der Waals surface area contributed by atoms with Gasteiger partial charge in [-0.1, -0.05) is 11.6 Å². The van der Waals surface area contributed by atoms with Crippen LogP contribution >= 0.6 is 11.6 Å². The Hall–Kier alpha value is -3.57. The normalized spacial score (nSPS) is 17.6. The first-order valence-corrected chi connectivity index (χ1v) is 12.2. The van der Waals surface area contributed by atoms with Crippen molar-refractivity contribution < 1.29 is 18.3 Å². The van der Waals surface area contributed by atoms with Crippen molar-refractivity contribution in [1.82, 2.24) is 29.3 Å². The van der Waals surface area contributed by atoms with Crippen molar-refractivity contribution in [1.29, 1.82) is 0 Å². The summed E-state index contributed by atoms with van der Waals surface area (Å²) in [5.41, 5.74) is 2.25. The molecule has 5 rings (SSSR count). The number of pyridine rings is 2. The molecule has 1 aliphatic carbocycles. The lowest BCUT2D eigenvalue weighted by Gasteiger charge is -2.17. The van der Waals surface area contributed by atoms with Crippen molar-refractivity contribution in [3.05, 3.63) is 86.6 Å². The minimum atomic E-state index is -4.58. The van der Waals surface area contributed by atoms with Crippen molar-refractivity contribution in [3.8, 4) is 17.1 Å². The molecule has 198 valence electrons. The summed E-state index contributed by atoms with van der Waals surface area (Å²) in [6.45, 7) is 6.76. The molecule has 0 radical (unpaired) electrons. The van der Waals surface area contributed by atoms with Crippen molar-refractivity contribution in [3.63, 3.8) is 0 Å². The molecule has 12 heteroatoms. The van der Waals surface area contributed by atoms with Gasteiger partial charge in [-0.25, -0.2) is 9.97 Å². The zero-order valence-electron chi connectivity index (χ0n) is 21.0. The highest BCUT2D eigenvalue weighted by molar-refractivity contribution is 6.31. The molecule has 4 heterocycles. The summed E-state index contributed by atoms with van der Waals surface area (Å²) >= 11 is 6.57. The zero-order valence-corrected chi connectivity index (χ0v) is 21.7. The van der Waals surface area contributed by atoms with Crippen LogP contribution in [0.2, 0.25) is 5.02 Å². The summed E-state index contributed by atoms with van der Waals surface area (Å²) in [5, 5.41) is 13.7. The smallest absolute Gasteiger partial charge is 0.382 e. The standard InChI is InChI=1S/C26H24ClF3N6O2/c1-13-10-32-20(19-5-6-31-24(34-19)25(3,4)38)9-21(13)36-14(2)7-18(22(27)23(36)37)17-8-16(17)15-11-33-35(12-15)26(28,29)30/h5-7,9-12,16-17,38H,8H2,1-4H3/t16-,17+/m1/s1. The first kappa shape index (κ1) is 26.1. The molecule has 1 saturated carbocycles. The van der Waals surface area contributed by atoms with Crippen LogP contribution in [0.25, 0.3) is 17.1 Å². The van der Waals surface area contributed by atoms with Gasteiger partial charge in [0.1, 0.15) is 10.6 Å². The van der Waals surface area contributed by atoms with E-state index in [1.807, 2.05) is 6.92 Å². The van der Waals surface area contributed by atoms with E-state index in [1.165, 1.54) is 17.0 Å². The molecule has 0 saturated heterocycles. The van der Waals surface area contributed by atoms with Gasteiger partial charge in [0.2, 0.25) is 0 Å². The Morgan fingerprint density at radius 2 is 1.82 bits per heavy atom. The molecule has 0 amide bonds. The van der Waals surface area contributed by atoms with Gasteiger partial charge in [0, 0.05) is 24.3 Å². The average molecular weight is 545 g/mol. The molecule has 8 nitrogen and oxygen atoms in total. The van der Waals surface area contributed by atoms with Crippen LogP contribution in [0.5, 0.6) is 0 Å². The van der Waals surface area contributed by atoms with Crippen molar-refractivity contribution in [2.45, 2.75) is 57.9 Å². The van der Waals surface area contributed by atoms with Gasteiger partial charge in [-0.15, -0.1) is 13.2 Å². The van der Waals surface area contributed by atoms with E-state index >= 15 is 0 Å². The van der Waals surface area contributed by atoms with Gasteiger partial charge in [-0.2, -0.15) is 9.78 Å². The number of nitrogens with zero attached hydrogens (tertiary/aromatic N) is 6. The van der Waals surface area contributed by atoms with Gasteiger partial charge in [0.25, 0.3) is 5.56 Å². The van der Waals surface area contributed by atoms with Crippen LogP contribution in [-0.2, 0) is 11.9 Å². The number of aliphatic hydroxyl groups is 1. The Kier molecular flexibility index (Phi) is 6.18. The molecule has 0 unspecified atom stereocenters. The number of hydrogen-bond acceptors (Lipinski definition) is 6. The summed E-state index contributed by atoms with van der Waals surface area (Å²) in [6, 6.07) is 5.19. The molecule has 1 fully saturated rings. The summed E-state index contributed by atoms with van der Waals surface area (Å²) in [4.78, 5) is 26.5. The van der Waals surface area contributed by atoms with E-state index in [4.69, 9.17) is 11.6 Å². The van der Waals surface area contributed by atoms with E-state index < -0.39 is 17.5 Å². The molecule has 0 bridgehead atoms. The molecule has 1 N–H and O–H groups in total. The monoisotopic (exact) mass is 544 g/mol. The third-order valence-corrected chi connectivity index (χ3v) is 7.00. The van der Waals surface area contributed by atoms with E-state index in [0.717, 1.165) is 11.8 Å². The van der Waals surface area contributed by atoms with Gasteiger partial charge in [-0.3, -0.25) is 14.3 Å². The van der Waals surface area contributed by atoms with Gasteiger partial charge in [-0.05, 0) is 80.8 Å². The Balaban J connectivity index is 1.51. The molecule has 4 aromatic rings. The first-order valence-electron chi connectivity index (χ1n) is 11.8. The fraction of sp³-hybridized carbons (Fsp3) is 0.346. The van der Waals surface area contributed by atoms with E-state index in [-0.39, 0.29) is 27.4 Å². The second-order valence-electron chi connectivity index (χ2n) is 10.0. The van der Waals surface area contributed by atoms with E-state index in [2.05, 4.69) is 20.1 Å². The number of halogens is 4. The number of aryl methyl sites for hydroxylation is 2. The minimum Gasteiger partial charge on any atom is -0.382 e. The summed E-state index contributed by atoms with van der Waals surface area (Å²) in [5.74, 6) is -0.139. The maximum absolute atomic E-state index is 13.5. The molecular weight excluding hydrogens is 521 g/mol. The van der Waals surface area contributed by atoms with Gasteiger partial charge >= 0.3 is 6.30 Å². The molecular formula is C26H24ClF3N6O2.